The molecule has 3 heteroatoms. The zero-order valence-corrected chi connectivity index (χ0v) is 8.10. The Kier molecular flexibility index (Phi) is 1.97. The highest BCUT2D eigenvalue weighted by atomic mass is 35.5. The van der Waals surface area contributed by atoms with Gasteiger partial charge in [-0.05, 0) is 31.4 Å². The summed E-state index contributed by atoms with van der Waals surface area (Å²) in [4.78, 5) is 4.21. The van der Waals surface area contributed by atoms with Crippen LogP contribution in [0.2, 0.25) is 5.15 Å². The van der Waals surface area contributed by atoms with Crippen LogP contribution in [0.1, 0.15) is 35.6 Å². The van der Waals surface area contributed by atoms with Crippen LogP contribution in [0, 0.1) is 18.3 Å². The van der Waals surface area contributed by atoms with Gasteiger partial charge in [-0.1, -0.05) is 11.6 Å². The van der Waals surface area contributed by atoms with E-state index in [-0.39, 0.29) is 0 Å². The third kappa shape index (κ3) is 1.52. The van der Waals surface area contributed by atoms with Crippen LogP contribution in [0.4, 0.5) is 0 Å². The second-order valence-electron chi connectivity index (χ2n) is 3.42. The number of pyridine rings is 1. The summed E-state index contributed by atoms with van der Waals surface area (Å²) in [6.45, 7) is 1.90. The van der Waals surface area contributed by atoms with Crippen molar-refractivity contribution in [3.05, 3.63) is 28.0 Å². The molecule has 0 N–H and O–H groups in total. The molecule has 1 heterocycles. The van der Waals surface area contributed by atoms with E-state index in [9.17, 15) is 0 Å². The molecule has 1 fully saturated rings. The molecule has 66 valence electrons. The van der Waals surface area contributed by atoms with E-state index in [2.05, 4.69) is 11.1 Å². The largest absolute Gasteiger partial charge is 0.239 e. The van der Waals surface area contributed by atoms with Crippen molar-refractivity contribution in [2.75, 3.05) is 0 Å². The minimum atomic E-state index is 0.351. The second kappa shape index (κ2) is 3.01. The summed E-state index contributed by atoms with van der Waals surface area (Å²) in [5, 5.41) is 9.12. The van der Waals surface area contributed by atoms with Crippen LogP contribution in [0.15, 0.2) is 6.07 Å². The lowest BCUT2D eigenvalue weighted by Crippen LogP contribution is -1.93. The van der Waals surface area contributed by atoms with Crippen molar-refractivity contribution >= 4 is 11.6 Å². The molecule has 2 rings (SSSR count). The summed E-state index contributed by atoms with van der Waals surface area (Å²) < 4.78 is 0. The van der Waals surface area contributed by atoms with E-state index < -0.39 is 0 Å². The molecular weight excluding hydrogens is 184 g/mol. The molecule has 0 spiro atoms. The minimum absolute atomic E-state index is 0.351. The fourth-order valence-electron chi connectivity index (χ4n) is 1.38. The zero-order valence-electron chi connectivity index (χ0n) is 7.34. The van der Waals surface area contributed by atoms with Crippen molar-refractivity contribution in [1.82, 2.24) is 4.98 Å². The van der Waals surface area contributed by atoms with Gasteiger partial charge in [-0.15, -0.1) is 0 Å². The third-order valence-corrected chi connectivity index (χ3v) is 2.57. The van der Waals surface area contributed by atoms with E-state index in [1.165, 1.54) is 12.8 Å². The highest BCUT2D eigenvalue weighted by molar-refractivity contribution is 6.30. The fourth-order valence-corrected chi connectivity index (χ4v) is 1.67. The monoisotopic (exact) mass is 192 g/mol. The summed E-state index contributed by atoms with van der Waals surface area (Å²) in [5.41, 5.74) is 2.48. The second-order valence-corrected chi connectivity index (χ2v) is 3.77. The van der Waals surface area contributed by atoms with Crippen molar-refractivity contribution < 1.29 is 0 Å². The van der Waals surface area contributed by atoms with Gasteiger partial charge in [0.25, 0.3) is 0 Å². The van der Waals surface area contributed by atoms with Crippen molar-refractivity contribution in [2.45, 2.75) is 25.7 Å². The van der Waals surface area contributed by atoms with Crippen LogP contribution >= 0.6 is 11.6 Å². The molecule has 1 aromatic heterocycles. The summed E-state index contributed by atoms with van der Waals surface area (Å²) in [6.07, 6.45) is 2.41. The molecule has 0 radical (unpaired) electrons. The Balaban J connectivity index is 2.50. The van der Waals surface area contributed by atoms with Gasteiger partial charge in [0.2, 0.25) is 0 Å². The van der Waals surface area contributed by atoms with Gasteiger partial charge >= 0.3 is 0 Å². The number of nitriles is 1. The van der Waals surface area contributed by atoms with Crippen LogP contribution in [0.25, 0.3) is 0 Å². The molecule has 0 amide bonds. The number of hydrogen-bond donors (Lipinski definition) is 0. The molecule has 0 atom stereocenters. The number of halogens is 1. The lowest BCUT2D eigenvalue weighted by atomic mass is 10.1. The average Bonchev–Trinajstić information content (AvgIpc) is 2.85. The third-order valence-electron chi connectivity index (χ3n) is 2.30. The van der Waals surface area contributed by atoms with Gasteiger partial charge in [0, 0.05) is 11.6 Å². The smallest absolute Gasteiger partial charge is 0.147 e. The van der Waals surface area contributed by atoms with E-state index in [1.54, 1.807) is 0 Å². The van der Waals surface area contributed by atoms with E-state index in [0.29, 0.717) is 16.6 Å². The molecule has 1 aliphatic rings. The van der Waals surface area contributed by atoms with Gasteiger partial charge in [0.05, 0.1) is 5.56 Å². The standard InChI is InChI=1S/C10H9ClN2/c1-6-4-9(7-2-3-7)13-10(11)8(6)5-12/h4,7H,2-3H2,1H3. The fraction of sp³-hybridized carbons (Fsp3) is 0.400. The van der Waals surface area contributed by atoms with E-state index in [1.807, 2.05) is 13.0 Å². The molecule has 0 unspecified atom stereocenters. The zero-order chi connectivity index (χ0) is 9.42. The highest BCUT2D eigenvalue weighted by Gasteiger charge is 2.26. The van der Waals surface area contributed by atoms with Crippen LogP contribution in [0.3, 0.4) is 0 Å². The Morgan fingerprint density at radius 3 is 2.77 bits per heavy atom. The lowest BCUT2D eigenvalue weighted by molar-refractivity contribution is 1.01. The van der Waals surface area contributed by atoms with Gasteiger partial charge in [-0.2, -0.15) is 5.26 Å². The molecule has 0 aromatic carbocycles. The Labute approximate surface area is 82.2 Å². The van der Waals surface area contributed by atoms with Crippen LogP contribution < -0.4 is 0 Å². The number of rotatable bonds is 1. The van der Waals surface area contributed by atoms with Gasteiger partial charge in [0.15, 0.2) is 0 Å². The van der Waals surface area contributed by atoms with Crippen LogP contribution in [-0.2, 0) is 0 Å². The van der Waals surface area contributed by atoms with Crippen molar-refractivity contribution in [3.63, 3.8) is 0 Å². The summed E-state index contributed by atoms with van der Waals surface area (Å²) in [7, 11) is 0. The normalized spacial score (nSPS) is 15.5. The Morgan fingerprint density at radius 2 is 2.31 bits per heavy atom. The van der Waals surface area contributed by atoms with E-state index >= 15 is 0 Å². The van der Waals surface area contributed by atoms with Crippen molar-refractivity contribution in [3.8, 4) is 6.07 Å². The lowest BCUT2D eigenvalue weighted by Gasteiger charge is -2.03. The molecule has 1 aliphatic carbocycles. The molecule has 0 saturated heterocycles. The Bertz CT molecular complexity index is 365. The number of nitrogens with zero attached hydrogens (tertiary/aromatic N) is 2. The molecule has 13 heavy (non-hydrogen) atoms. The van der Waals surface area contributed by atoms with E-state index in [4.69, 9.17) is 16.9 Å². The highest BCUT2D eigenvalue weighted by Crippen LogP contribution is 2.40. The average molecular weight is 193 g/mol. The minimum Gasteiger partial charge on any atom is -0.239 e. The maximum atomic E-state index is 8.77. The quantitative estimate of drug-likeness (QED) is 0.642. The van der Waals surface area contributed by atoms with Crippen molar-refractivity contribution in [2.24, 2.45) is 0 Å². The van der Waals surface area contributed by atoms with Crippen molar-refractivity contribution in [1.29, 1.82) is 5.26 Å². The van der Waals surface area contributed by atoms with Gasteiger partial charge in [-0.3, -0.25) is 0 Å². The van der Waals surface area contributed by atoms with Crippen LogP contribution in [-0.4, -0.2) is 4.98 Å². The first-order chi connectivity index (χ1) is 6.22. The Morgan fingerprint density at radius 1 is 1.62 bits per heavy atom. The maximum absolute atomic E-state index is 8.77. The maximum Gasteiger partial charge on any atom is 0.147 e. The first kappa shape index (κ1) is 8.52. The molecule has 0 aliphatic heterocycles. The predicted molar refractivity (Wildman–Crippen MR) is 50.7 cm³/mol. The topological polar surface area (TPSA) is 36.7 Å². The summed E-state index contributed by atoms with van der Waals surface area (Å²) in [6, 6.07) is 4.03. The first-order valence-corrected chi connectivity index (χ1v) is 4.67. The summed E-state index contributed by atoms with van der Waals surface area (Å²) >= 11 is 5.87. The Hall–Kier alpha value is -1.07. The molecule has 0 bridgehead atoms. The number of aromatic nitrogens is 1. The molecule has 1 saturated carbocycles. The number of hydrogen-bond acceptors (Lipinski definition) is 2. The van der Waals surface area contributed by atoms with Gasteiger partial charge in [-0.25, -0.2) is 4.98 Å². The molecule has 2 nitrogen and oxygen atoms in total. The van der Waals surface area contributed by atoms with Gasteiger partial charge in [0.1, 0.15) is 11.2 Å². The van der Waals surface area contributed by atoms with Crippen LogP contribution in [0.5, 0.6) is 0 Å². The first-order valence-electron chi connectivity index (χ1n) is 4.29. The predicted octanol–water partition coefficient (Wildman–Crippen LogP) is 2.79. The molecular formula is C10H9ClN2. The SMILES string of the molecule is Cc1cc(C2CC2)nc(Cl)c1C#N. The van der Waals surface area contributed by atoms with Gasteiger partial charge < -0.3 is 0 Å². The van der Waals surface area contributed by atoms with E-state index in [0.717, 1.165) is 11.3 Å². The summed E-state index contributed by atoms with van der Waals surface area (Å²) in [5.74, 6) is 0.587. The number of aryl methyl sites for hydroxylation is 1. The molecule has 1 aromatic rings.